The third-order valence-corrected chi connectivity index (χ3v) is 6.38. The summed E-state index contributed by atoms with van der Waals surface area (Å²) in [7, 11) is 0. The number of amides is 1. The van der Waals surface area contributed by atoms with Gasteiger partial charge in [0.15, 0.2) is 11.0 Å². The van der Waals surface area contributed by atoms with Crippen LogP contribution in [0.2, 0.25) is 5.02 Å². The van der Waals surface area contributed by atoms with E-state index in [1.165, 1.54) is 22.2 Å². The summed E-state index contributed by atoms with van der Waals surface area (Å²) in [5.74, 6) is 1.90. The van der Waals surface area contributed by atoms with E-state index in [-0.39, 0.29) is 5.91 Å². The average molecular weight is 447 g/mol. The molecular weight excluding hydrogens is 424 g/mol. The Hall–Kier alpha value is -1.96. The Morgan fingerprint density at radius 1 is 1.14 bits per heavy atom. The third-order valence-electron chi connectivity index (χ3n) is 4.16. The van der Waals surface area contributed by atoms with Gasteiger partial charge in [0, 0.05) is 34.3 Å². The number of aryl methyl sites for hydroxylation is 1. The molecular formula is C21H23ClN4OS2. The second kappa shape index (κ2) is 10.7. The third kappa shape index (κ3) is 6.26. The predicted octanol–water partition coefficient (Wildman–Crippen LogP) is 4.93. The van der Waals surface area contributed by atoms with E-state index in [9.17, 15) is 4.79 Å². The van der Waals surface area contributed by atoms with Crippen molar-refractivity contribution >= 4 is 41.0 Å². The molecule has 0 fully saturated rings. The lowest BCUT2D eigenvalue weighted by Crippen LogP contribution is -2.27. The Morgan fingerprint density at radius 3 is 2.66 bits per heavy atom. The summed E-state index contributed by atoms with van der Waals surface area (Å²) in [6, 6.07) is 15.9. The van der Waals surface area contributed by atoms with Crippen molar-refractivity contribution in [3.63, 3.8) is 0 Å². The number of hydrogen-bond donors (Lipinski definition) is 1. The molecule has 8 heteroatoms. The SMILES string of the molecule is CCn1c(SCC(=O)NCCSc2ccc(C)cc2)nnc1-c1cccc(Cl)c1. The van der Waals surface area contributed by atoms with Gasteiger partial charge in [-0.2, -0.15) is 0 Å². The van der Waals surface area contributed by atoms with Gasteiger partial charge in [-0.25, -0.2) is 0 Å². The van der Waals surface area contributed by atoms with Gasteiger partial charge in [-0.3, -0.25) is 4.79 Å². The minimum atomic E-state index is -0.00513. The van der Waals surface area contributed by atoms with Crippen LogP contribution in [0, 0.1) is 6.92 Å². The predicted molar refractivity (Wildman–Crippen MR) is 122 cm³/mol. The number of thioether (sulfide) groups is 2. The van der Waals surface area contributed by atoms with Gasteiger partial charge >= 0.3 is 0 Å². The number of aromatic nitrogens is 3. The second-order valence-corrected chi connectivity index (χ2v) is 8.91. The van der Waals surface area contributed by atoms with Crippen LogP contribution in [0.1, 0.15) is 12.5 Å². The average Bonchev–Trinajstić information content (AvgIpc) is 3.14. The molecule has 0 aliphatic heterocycles. The molecule has 1 heterocycles. The standard InChI is InChI=1S/C21H23ClN4OS2/c1-3-26-20(16-5-4-6-17(22)13-16)24-25-21(26)29-14-19(27)23-11-12-28-18-9-7-15(2)8-10-18/h4-10,13H,3,11-12,14H2,1-2H3,(H,23,27). The number of benzene rings is 2. The molecule has 3 aromatic rings. The summed E-state index contributed by atoms with van der Waals surface area (Å²) < 4.78 is 2.00. The fraction of sp³-hybridized carbons (Fsp3) is 0.286. The van der Waals surface area contributed by atoms with Crippen LogP contribution in [0.4, 0.5) is 0 Å². The van der Waals surface area contributed by atoms with Crippen LogP contribution in [0.3, 0.4) is 0 Å². The van der Waals surface area contributed by atoms with E-state index in [4.69, 9.17) is 11.6 Å². The minimum Gasteiger partial charge on any atom is -0.355 e. The molecule has 0 saturated heterocycles. The Kier molecular flexibility index (Phi) is 8.03. The molecule has 0 radical (unpaired) electrons. The van der Waals surface area contributed by atoms with Crippen molar-refractivity contribution in [2.24, 2.45) is 0 Å². The number of nitrogens with zero attached hydrogens (tertiary/aromatic N) is 3. The maximum Gasteiger partial charge on any atom is 0.230 e. The van der Waals surface area contributed by atoms with E-state index in [0.717, 1.165) is 22.3 Å². The smallest absolute Gasteiger partial charge is 0.230 e. The zero-order valence-electron chi connectivity index (χ0n) is 16.4. The van der Waals surface area contributed by atoms with E-state index >= 15 is 0 Å². The Labute approximate surface area is 184 Å². The Morgan fingerprint density at radius 2 is 1.93 bits per heavy atom. The van der Waals surface area contributed by atoms with Gasteiger partial charge in [0.25, 0.3) is 0 Å². The number of hydrogen-bond acceptors (Lipinski definition) is 5. The van der Waals surface area contributed by atoms with E-state index in [1.807, 2.05) is 35.8 Å². The lowest BCUT2D eigenvalue weighted by atomic mass is 10.2. The second-order valence-electron chi connectivity index (χ2n) is 6.36. The molecule has 1 aromatic heterocycles. The van der Waals surface area contributed by atoms with Crippen LogP contribution < -0.4 is 5.32 Å². The van der Waals surface area contributed by atoms with Gasteiger partial charge in [-0.1, -0.05) is 53.2 Å². The Bertz CT molecular complexity index is 960. The van der Waals surface area contributed by atoms with Crippen molar-refractivity contribution in [2.45, 2.75) is 30.4 Å². The van der Waals surface area contributed by atoms with Crippen LogP contribution >= 0.6 is 35.1 Å². The van der Waals surface area contributed by atoms with Crippen molar-refractivity contribution in [1.82, 2.24) is 20.1 Å². The highest BCUT2D eigenvalue weighted by molar-refractivity contribution is 7.99. The fourth-order valence-corrected chi connectivity index (χ4v) is 4.49. The van der Waals surface area contributed by atoms with Gasteiger partial charge < -0.3 is 9.88 Å². The first-order valence-corrected chi connectivity index (χ1v) is 11.7. The molecule has 2 aromatic carbocycles. The summed E-state index contributed by atoms with van der Waals surface area (Å²) in [5.41, 5.74) is 2.16. The molecule has 5 nitrogen and oxygen atoms in total. The van der Waals surface area contributed by atoms with E-state index < -0.39 is 0 Å². The number of carbonyl (C=O) groups excluding carboxylic acids is 1. The van der Waals surface area contributed by atoms with Crippen LogP contribution in [0.15, 0.2) is 58.6 Å². The first-order chi connectivity index (χ1) is 14.1. The zero-order chi connectivity index (χ0) is 20.6. The van der Waals surface area contributed by atoms with Gasteiger partial charge in [-0.15, -0.1) is 22.0 Å². The number of halogens is 1. The number of rotatable bonds is 9. The van der Waals surface area contributed by atoms with Crippen LogP contribution in [0.25, 0.3) is 11.4 Å². The van der Waals surface area contributed by atoms with Gasteiger partial charge in [0.1, 0.15) is 0 Å². The first-order valence-electron chi connectivity index (χ1n) is 9.35. The first kappa shape index (κ1) is 21.7. The number of carbonyl (C=O) groups is 1. The van der Waals surface area contributed by atoms with E-state index in [1.54, 1.807) is 11.8 Å². The lowest BCUT2D eigenvalue weighted by molar-refractivity contribution is -0.118. The van der Waals surface area contributed by atoms with Crippen molar-refractivity contribution in [1.29, 1.82) is 0 Å². The highest BCUT2D eigenvalue weighted by Gasteiger charge is 2.14. The molecule has 0 aliphatic rings. The summed E-state index contributed by atoms with van der Waals surface area (Å²) in [4.78, 5) is 13.4. The lowest BCUT2D eigenvalue weighted by Gasteiger charge is -2.08. The quantitative estimate of drug-likeness (QED) is 0.373. The summed E-state index contributed by atoms with van der Waals surface area (Å²) in [6.45, 7) is 5.45. The summed E-state index contributed by atoms with van der Waals surface area (Å²) in [6.07, 6.45) is 0. The normalized spacial score (nSPS) is 10.9. The van der Waals surface area contributed by atoms with Crippen molar-refractivity contribution in [3.05, 3.63) is 59.1 Å². The highest BCUT2D eigenvalue weighted by atomic mass is 35.5. The Balaban J connectivity index is 1.48. The molecule has 0 spiro atoms. The molecule has 1 N–H and O–H groups in total. The fourth-order valence-electron chi connectivity index (χ4n) is 2.70. The van der Waals surface area contributed by atoms with Gasteiger partial charge in [0.2, 0.25) is 5.91 Å². The molecule has 3 rings (SSSR count). The molecule has 0 saturated carbocycles. The largest absolute Gasteiger partial charge is 0.355 e. The zero-order valence-corrected chi connectivity index (χ0v) is 18.8. The molecule has 1 amide bonds. The van der Waals surface area contributed by atoms with Crippen LogP contribution in [-0.2, 0) is 11.3 Å². The highest BCUT2D eigenvalue weighted by Crippen LogP contribution is 2.25. The summed E-state index contributed by atoms with van der Waals surface area (Å²) >= 11 is 9.22. The van der Waals surface area contributed by atoms with E-state index in [0.29, 0.717) is 23.9 Å². The molecule has 29 heavy (non-hydrogen) atoms. The van der Waals surface area contributed by atoms with Crippen molar-refractivity contribution in [3.8, 4) is 11.4 Å². The van der Waals surface area contributed by atoms with Gasteiger partial charge in [0.05, 0.1) is 5.75 Å². The molecule has 0 bridgehead atoms. The molecule has 152 valence electrons. The minimum absolute atomic E-state index is 0.00513. The maximum atomic E-state index is 12.2. The monoisotopic (exact) mass is 446 g/mol. The van der Waals surface area contributed by atoms with E-state index in [2.05, 4.69) is 46.7 Å². The topological polar surface area (TPSA) is 59.8 Å². The molecule has 0 atom stereocenters. The maximum absolute atomic E-state index is 12.2. The molecule has 0 aliphatic carbocycles. The summed E-state index contributed by atoms with van der Waals surface area (Å²) in [5, 5.41) is 12.9. The van der Waals surface area contributed by atoms with Crippen molar-refractivity contribution in [2.75, 3.05) is 18.1 Å². The molecule has 0 unspecified atom stereocenters. The number of nitrogens with one attached hydrogen (secondary N) is 1. The van der Waals surface area contributed by atoms with Crippen molar-refractivity contribution < 1.29 is 4.79 Å². The van der Waals surface area contributed by atoms with Crippen LogP contribution in [-0.4, -0.2) is 38.7 Å². The van der Waals surface area contributed by atoms with Crippen LogP contribution in [0.5, 0.6) is 0 Å². The van der Waals surface area contributed by atoms with Gasteiger partial charge in [-0.05, 0) is 38.1 Å².